The van der Waals surface area contributed by atoms with Gasteiger partial charge in [-0.1, -0.05) is 0 Å². The van der Waals surface area contributed by atoms with Crippen molar-refractivity contribution < 1.29 is 4.42 Å². The molecule has 5 aromatic rings. The zero-order chi connectivity index (χ0) is 20.1. The highest BCUT2D eigenvalue weighted by atomic mass is 16.3. The van der Waals surface area contributed by atoms with Gasteiger partial charge >= 0.3 is 0 Å². The van der Waals surface area contributed by atoms with Gasteiger partial charge in [-0.15, -0.1) is 0 Å². The predicted molar refractivity (Wildman–Crippen MR) is 116 cm³/mol. The van der Waals surface area contributed by atoms with Crippen molar-refractivity contribution in [3.63, 3.8) is 0 Å². The summed E-state index contributed by atoms with van der Waals surface area (Å²) in [7, 11) is 0. The normalized spacial score (nSPS) is 15.3. The summed E-state index contributed by atoms with van der Waals surface area (Å²) in [6.45, 7) is 2.05. The van der Waals surface area contributed by atoms with Crippen LogP contribution >= 0.6 is 0 Å². The number of nitrogen functional groups attached to an aromatic ring is 1. The van der Waals surface area contributed by atoms with E-state index in [0.29, 0.717) is 17.4 Å². The number of benzene rings is 1. The predicted octanol–water partition coefficient (Wildman–Crippen LogP) is 3.74. The van der Waals surface area contributed by atoms with Gasteiger partial charge in [-0.3, -0.25) is 9.78 Å². The Labute approximate surface area is 172 Å². The summed E-state index contributed by atoms with van der Waals surface area (Å²) in [5.74, 6) is 1.13. The third kappa shape index (κ3) is 2.76. The van der Waals surface area contributed by atoms with Gasteiger partial charge in [0.25, 0.3) is 0 Å². The molecule has 1 aliphatic rings. The number of aromatic nitrogens is 5. The number of rotatable bonds is 3. The number of anilines is 1. The molecule has 4 aromatic heterocycles. The lowest BCUT2D eigenvalue weighted by Crippen LogP contribution is -2.29. The van der Waals surface area contributed by atoms with E-state index in [1.807, 2.05) is 24.4 Å². The van der Waals surface area contributed by atoms with Crippen molar-refractivity contribution >= 4 is 27.7 Å². The van der Waals surface area contributed by atoms with Gasteiger partial charge in [-0.05, 0) is 50.2 Å². The minimum Gasteiger partial charge on any atom is -0.452 e. The van der Waals surface area contributed by atoms with Crippen LogP contribution in [0.3, 0.4) is 0 Å². The highest BCUT2D eigenvalue weighted by Crippen LogP contribution is 2.37. The second kappa shape index (κ2) is 6.70. The van der Waals surface area contributed by atoms with Crippen molar-refractivity contribution in [3.8, 4) is 22.5 Å². The van der Waals surface area contributed by atoms with Gasteiger partial charge in [-0.25, -0.2) is 4.98 Å². The lowest BCUT2D eigenvalue weighted by atomic mass is 10.1. The standard InChI is InChI=1S/C22H21N7O/c23-22-21-17(8-20(30-21)13-1-2-19-14(7-13)9-26-28-19)18(11-25-22)15-10-27-29(12-15)16-3-5-24-6-4-16/h1-2,7-12,16,24H,3-6H2,(H2,23,25)(H,26,28). The fraction of sp³-hybridized carbons (Fsp3) is 0.227. The number of hydrogen-bond donors (Lipinski definition) is 3. The SMILES string of the molecule is Nc1ncc(-c2cnn(C3CCNCC3)c2)c2cc(-c3ccc4[nH]ncc4c3)oc12. The van der Waals surface area contributed by atoms with Crippen LogP contribution in [0.4, 0.5) is 5.82 Å². The number of fused-ring (bicyclic) bond motifs is 2. The van der Waals surface area contributed by atoms with Crippen molar-refractivity contribution in [1.82, 2.24) is 30.3 Å². The molecule has 0 saturated carbocycles. The van der Waals surface area contributed by atoms with E-state index in [0.717, 1.165) is 64.7 Å². The molecule has 150 valence electrons. The van der Waals surface area contributed by atoms with Crippen LogP contribution in [0.2, 0.25) is 0 Å². The van der Waals surface area contributed by atoms with Gasteiger partial charge < -0.3 is 15.5 Å². The number of aromatic amines is 1. The summed E-state index contributed by atoms with van der Waals surface area (Å²) in [6.07, 6.45) is 9.79. The van der Waals surface area contributed by atoms with Crippen LogP contribution in [0.5, 0.6) is 0 Å². The smallest absolute Gasteiger partial charge is 0.177 e. The lowest BCUT2D eigenvalue weighted by Gasteiger charge is -2.22. The summed E-state index contributed by atoms with van der Waals surface area (Å²) < 4.78 is 8.22. The number of furan rings is 1. The van der Waals surface area contributed by atoms with Crippen molar-refractivity contribution in [2.45, 2.75) is 18.9 Å². The molecule has 0 bridgehead atoms. The molecule has 6 rings (SSSR count). The molecular weight excluding hydrogens is 378 g/mol. The van der Waals surface area contributed by atoms with Crippen LogP contribution < -0.4 is 11.1 Å². The molecule has 1 fully saturated rings. The monoisotopic (exact) mass is 399 g/mol. The molecule has 5 heterocycles. The van der Waals surface area contributed by atoms with Crippen LogP contribution in [0.1, 0.15) is 18.9 Å². The van der Waals surface area contributed by atoms with E-state index in [-0.39, 0.29) is 0 Å². The molecule has 8 nitrogen and oxygen atoms in total. The van der Waals surface area contributed by atoms with Gasteiger partial charge in [0.1, 0.15) is 5.76 Å². The fourth-order valence-corrected chi connectivity index (χ4v) is 4.26. The van der Waals surface area contributed by atoms with E-state index >= 15 is 0 Å². The van der Waals surface area contributed by atoms with Crippen molar-refractivity contribution in [3.05, 3.63) is 49.1 Å². The number of piperidine rings is 1. The van der Waals surface area contributed by atoms with Crippen LogP contribution in [-0.2, 0) is 0 Å². The Bertz CT molecular complexity index is 1360. The maximum Gasteiger partial charge on any atom is 0.177 e. The average Bonchev–Trinajstić information content (AvgIpc) is 3.53. The molecule has 0 amide bonds. The van der Waals surface area contributed by atoms with E-state index in [4.69, 9.17) is 10.2 Å². The Morgan fingerprint density at radius 2 is 1.97 bits per heavy atom. The molecule has 30 heavy (non-hydrogen) atoms. The zero-order valence-corrected chi connectivity index (χ0v) is 16.3. The Morgan fingerprint density at radius 1 is 1.07 bits per heavy atom. The fourth-order valence-electron chi connectivity index (χ4n) is 4.26. The van der Waals surface area contributed by atoms with E-state index in [2.05, 4.69) is 42.5 Å². The third-order valence-corrected chi connectivity index (χ3v) is 5.91. The molecule has 0 aliphatic carbocycles. The van der Waals surface area contributed by atoms with Gasteiger partial charge in [0, 0.05) is 39.9 Å². The first-order valence-electron chi connectivity index (χ1n) is 10.1. The molecule has 1 aliphatic heterocycles. The molecule has 0 spiro atoms. The molecule has 8 heteroatoms. The maximum atomic E-state index is 6.14. The summed E-state index contributed by atoms with van der Waals surface area (Å²) in [6, 6.07) is 8.52. The van der Waals surface area contributed by atoms with Crippen molar-refractivity contribution in [2.24, 2.45) is 0 Å². The second-order valence-electron chi connectivity index (χ2n) is 7.77. The zero-order valence-electron chi connectivity index (χ0n) is 16.3. The first-order valence-corrected chi connectivity index (χ1v) is 10.1. The molecule has 4 N–H and O–H groups in total. The maximum absolute atomic E-state index is 6.14. The summed E-state index contributed by atoms with van der Waals surface area (Å²) >= 11 is 0. The summed E-state index contributed by atoms with van der Waals surface area (Å²) in [5, 5.41) is 17.1. The number of nitrogens with two attached hydrogens (primary N) is 1. The average molecular weight is 399 g/mol. The number of pyridine rings is 1. The molecular formula is C22H21N7O. The second-order valence-corrected chi connectivity index (χ2v) is 7.77. The van der Waals surface area contributed by atoms with E-state index < -0.39 is 0 Å². The van der Waals surface area contributed by atoms with Crippen LogP contribution in [-0.4, -0.2) is 38.1 Å². The van der Waals surface area contributed by atoms with E-state index in [1.165, 1.54) is 0 Å². The molecule has 1 saturated heterocycles. The number of hydrogen-bond acceptors (Lipinski definition) is 6. The third-order valence-electron chi connectivity index (χ3n) is 5.91. The Kier molecular flexibility index (Phi) is 3.85. The first-order chi connectivity index (χ1) is 14.8. The number of H-pyrrole nitrogens is 1. The quantitative estimate of drug-likeness (QED) is 0.426. The largest absolute Gasteiger partial charge is 0.452 e. The van der Waals surface area contributed by atoms with Crippen LogP contribution in [0.25, 0.3) is 44.3 Å². The molecule has 0 unspecified atom stereocenters. The topological polar surface area (TPSA) is 111 Å². The highest BCUT2D eigenvalue weighted by molar-refractivity contribution is 6.00. The van der Waals surface area contributed by atoms with Crippen molar-refractivity contribution in [2.75, 3.05) is 18.8 Å². The van der Waals surface area contributed by atoms with Crippen molar-refractivity contribution in [1.29, 1.82) is 0 Å². The minimum absolute atomic E-state index is 0.384. The summed E-state index contributed by atoms with van der Waals surface area (Å²) in [5.41, 5.74) is 10.7. The summed E-state index contributed by atoms with van der Waals surface area (Å²) in [4.78, 5) is 4.38. The Hall–Kier alpha value is -3.65. The molecule has 0 radical (unpaired) electrons. The first kappa shape index (κ1) is 17.2. The van der Waals surface area contributed by atoms with Crippen LogP contribution in [0.15, 0.2) is 53.5 Å². The Morgan fingerprint density at radius 3 is 2.87 bits per heavy atom. The number of nitrogens with one attached hydrogen (secondary N) is 2. The van der Waals surface area contributed by atoms with Gasteiger partial charge in [0.15, 0.2) is 11.4 Å². The number of nitrogens with zero attached hydrogens (tertiary/aromatic N) is 4. The van der Waals surface area contributed by atoms with Gasteiger partial charge in [0.2, 0.25) is 0 Å². The highest BCUT2D eigenvalue weighted by Gasteiger charge is 2.19. The molecule has 0 atom stereocenters. The lowest BCUT2D eigenvalue weighted by molar-refractivity contribution is 0.343. The van der Waals surface area contributed by atoms with Gasteiger partial charge in [-0.2, -0.15) is 10.2 Å². The Balaban J connectivity index is 1.44. The minimum atomic E-state index is 0.384. The molecule has 1 aromatic carbocycles. The van der Waals surface area contributed by atoms with Crippen LogP contribution in [0, 0.1) is 0 Å². The van der Waals surface area contributed by atoms with E-state index in [9.17, 15) is 0 Å². The van der Waals surface area contributed by atoms with E-state index in [1.54, 1.807) is 12.4 Å². The van der Waals surface area contributed by atoms with Gasteiger partial charge in [0.05, 0.1) is 24.0 Å².